The SMILES string of the molecule is CCC(C)n1ncn(-c2ccc(NCCNc3ccc(OC[C@H]4CO[C@](CI)(c5ccc(Cl)cc5Cl)O4)cc3)cc2)c1=O. The van der Waals surface area contributed by atoms with Crippen LogP contribution in [-0.2, 0) is 15.3 Å². The van der Waals surface area contributed by atoms with Crippen LogP contribution in [0.3, 0.4) is 0 Å². The zero-order chi connectivity index (χ0) is 30.4. The van der Waals surface area contributed by atoms with Crippen LogP contribution in [0.15, 0.2) is 77.9 Å². The maximum absolute atomic E-state index is 12.6. The predicted molar refractivity (Wildman–Crippen MR) is 180 cm³/mol. The van der Waals surface area contributed by atoms with Crippen molar-refractivity contribution in [1.82, 2.24) is 14.3 Å². The molecular formula is C31H34Cl2IN5O4. The van der Waals surface area contributed by atoms with Crippen molar-refractivity contribution in [3.8, 4) is 11.4 Å². The van der Waals surface area contributed by atoms with Gasteiger partial charge in [-0.15, -0.1) is 0 Å². The maximum Gasteiger partial charge on any atom is 0.350 e. The minimum atomic E-state index is -0.920. The molecule has 1 aromatic heterocycles. The van der Waals surface area contributed by atoms with Crippen LogP contribution in [-0.4, -0.2) is 51.2 Å². The highest BCUT2D eigenvalue weighted by Crippen LogP contribution is 2.40. The lowest BCUT2D eigenvalue weighted by atomic mass is 10.1. The van der Waals surface area contributed by atoms with E-state index in [4.69, 9.17) is 37.4 Å². The highest BCUT2D eigenvalue weighted by atomic mass is 127. The highest BCUT2D eigenvalue weighted by Gasteiger charge is 2.44. The molecule has 1 fully saturated rings. The standard InChI is InChI=1S/C31H34Cl2IN5O4/c1-3-21(2)39-30(40)38(20-37-39)25-9-5-23(6-10-25)35-14-15-36-24-7-11-26(12-8-24)41-17-27-18-42-31(19-34,43-27)28-13-4-22(32)16-29(28)33/h4-13,16,20-21,27,35-36H,3,14-15,17-19H2,1-2H3/t21?,27-,31-/m0/s1. The number of nitrogens with one attached hydrogen (secondary N) is 2. The Morgan fingerprint density at radius 2 is 1.74 bits per heavy atom. The van der Waals surface area contributed by atoms with E-state index in [1.807, 2.05) is 68.4 Å². The van der Waals surface area contributed by atoms with Crippen LogP contribution in [0.25, 0.3) is 5.69 Å². The van der Waals surface area contributed by atoms with Crippen LogP contribution in [0.1, 0.15) is 31.9 Å². The molecule has 0 amide bonds. The molecule has 4 aromatic rings. The molecule has 1 aliphatic rings. The summed E-state index contributed by atoms with van der Waals surface area (Å²) in [6.45, 7) is 6.23. The largest absolute Gasteiger partial charge is 0.491 e. The lowest BCUT2D eigenvalue weighted by Gasteiger charge is -2.27. The smallest absolute Gasteiger partial charge is 0.350 e. The summed E-state index contributed by atoms with van der Waals surface area (Å²) >= 11 is 14.7. The van der Waals surface area contributed by atoms with Gasteiger partial charge in [0.25, 0.3) is 0 Å². The van der Waals surface area contributed by atoms with Crippen molar-refractivity contribution in [2.75, 3.05) is 41.4 Å². The maximum atomic E-state index is 12.6. The van der Waals surface area contributed by atoms with Crippen LogP contribution in [0, 0.1) is 0 Å². The number of rotatable bonds is 13. The van der Waals surface area contributed by atoms with Crippen molar-refractivity contribution in [2.24, 2.45) is 0 Å². The molecule has 9 nitrogen and oxygen atoms in total. The van der Waals surface area contributed by atoms with Gasteiger partial charge in [-0.2, -0.15) is 5.10 Å². The first-order valence-electron chi connectivity index (χ1n) is 14.1. The zero-order valence-electron chi connectivity index (χ0n) is 23.9. The summed E-state index contributed by atoms with van der Waals surface area (Å²) in [5, 5.41) is 12.1. The van der Waals surface area contributed by atoms with Gasteiger partial charge in [0.05, 0.1) is 27.8 Å². The molecule has 3 atom stereocenters. The van der Waals surface area contributed by atoms with Gasteiger partial charge in [0.2, 0.25) is 5.79 Å². The van der Waals surface area contributed by atoms with Gasteiger partial charge in [-0.3, -0.25) is 0 Å². The fraction of sp³-hybridized carbons (Fsp3) is 0.355. The molecule has 0 spiro atoms. The molecule has 1 saturated heterocycles. The van der Waals surface area contributed by atoms with Gasteiger partial charge in [-0.1, -0.05) is 58.8 Å². The molecule has 0 bridgehead atoms. The van der Waals surface area contributed by atoms with E-state index in [0.717, 1.165) is 47.9 Å². The van der Waals surface area contributed by atoms with E-state index in [0.29, 0.717) is 27.7 Å². The molecule has 3 aromatic carbocycles. The fourth-order valence-corrected chi connectivity index (χ4v) is 6.07. The number of hydrogen-bond acceptors (Lipinski definition) is 7. The van der Waals surface area contributed by atoms with Gasteiger partial charge < -0.3 is 24.8 Å². The number of halogens is 3. The second-order valence-corrected chi connectivity index (χ2v) is 11.9. The first-order valence-corrected chi connectivity index (χ1v) is 16.4. The minimum Gasteiger partial charge on any atom is -0.491 e. The second-order valence-electron chi connectivity index (χ2n) is 10.3. The van der Waals surface area contributed by atoms with E-state index in [2.05, 4.69) is 38.3 Å². The molecule has 12 heteroatoms. The molecular weight excluding hydrogens is 704 g/mol. The van der Waals surface area contributed by atoms with E-state index in [1.165, 1.54) is 4.68 Å². The Morgan fingerprint density at radius 3 is 2.37 bits per heavy atom. The summed E-state index contributed by atoms with van der Waals surface area (Å²) in [6.07, 6.45) is 2.19. The second kappa shape index (κ2) is 14.3. The molecule has 43 heavy (non-hydrogen) atoms. The molecule has 2 heterocycles. The van der Waals surface area contributed by atoms with Crippen LogP contribution < -0.4 is 21.1 Å². The lowest BCUT2D eigenvalue weighted by Crippen LogP contribution is -2.31. The number of nitrogens with zero attached hydrogens (tertiary/aromatic N) is 3. The van der Waals surface area contributed by atoms with Crippen LogP contribution in [0.5, 0.6) is 5.75 Å². The summed E-state index contributed by atoms with van der Waals surface area (Å²) in [4.78, 5) is 12.6. The Kier molecular flexibility index (Phi) is 10.6. The average Bonchev–Trinajstić information content (AvgIpc) is 3.63. The molecule has 5 rings (SSSR count). The quantitative estimate of drug-likeness (QED) is 0.0875. The van der Waals surface area contributed by atoms with Gasteiger partial charge in [0, 0.05) is 35.1 Å². The van der Waals surface area contributed by atoms with Gasteiger partial charge in [0.15, 0.2) is 0 Å². The van der Waals surface area contributed by atoms with Crippen molar-refractivity contribution in [1.29, 1.82) is 0 Å². The Hall–Kier alpha value is -2.77. The van der Waals surface area contributed by atoms with E-state index in [9.17, 15) is 4.79 Å². The number of hydrogen-bond donors (Lipinski definition) is 2. The molecule has 0 saturated carbocycles. The zero-order valence-corrected chi connectivity index (χ0v) is 27.6. The van der Waals surface area contributed by atoms with Crippen molar-refractivity contribution in [2.45, 2.75) is 38.2 Å². The molecule has 2 N–H and O–H groups in total. The van der Waals surface area contributed by atoms with Crippen molar-refractivity contribution in [3.05, 3.63) is 99.2 Å². The third-order valence-electron chi connectivity index (χ3n) is 7.30. The monoisotopic (exact) mass is 737 g/mol. The Morgan fingerprint density at radius 1 is 1.07 bits per heavy atom. The molecule has 0 radical (unpaired) electrons. The van der Waals surface area contributed by atoms with Crippen molar-refractivity contribution in [3.63, 3.8) is 0 Å². The van der Waals surface area contributed by atoms with Crippen LogP contribution in [0.2, 0.25) is 10.0 Å². The average molecular weight is 738 g/mol. The molecule has 0 aliphatic carbocycles. The van der Waals surface area contributed by atoms with Crippen molar-refractivity contribution >= 4 is 57.2 Å². The van der Waals surface area contributed by atoms with Crippen LogP contribution >= 0.6 is 45.8 Å². The molecule has 1 aliphatic heterocycles. The van der Waals surface area contributed by atoms with Crippen LogP contribution in [0.4, 0.5) is 11.4 Å². The fourth-order valence-electron chi connectivity index (χ4n) is 4.71. The van der Waals surface area contributed by atoms with Gasteiger partial charge in [-0.25, -0.2) is 14.0 Å². The Balaban J connectivity index is 1.05. The van der Waals surface area contributed by atoms with Crippen molar-refractivity contribution < 1.29 is 14.2 Å². The number of benzene rings is 3. The predicted octanol–water partition coefficient (Wildman–Crippen LogP) is 6.92. The number of alkyl halides is 1. The van der Waals surface area contributed by atoms with E-state index < -0.39 is 5.79 Å². The van der Waals surface area contributed by atoms with Gasteiger partial charge >= 0.3 is 5.69 Å². The first kappa shape index (κ1) is 31.6. The Labute approximate surface area is 274 Å². The highest BCUT2D eigenvalue weighted by molar-refractivity contribution is 14.1. The summed E-state index contributed by atoms with van der Waals surface area (Å²) in [7, 11) is 0. The lowest BCUT2D eigenvalue weighted by molar-refractivity contribution is -0.158. The van der Waals surface area contributed by atoms with E-state index >= 15 is 0 Å². The number of anilines is 2. The molecule has 228 valence electrons. The molecule has 1 unspecified atom stereocenters. The Bertz CT molecular complexity index is 1560. The van der Waals surface area contributed by atoms with E-state index in [-0.39, 0.29) is 17.8 Å². The summed E-state index contributed by atoms with van der Waals surface area (Å²) in [5.74, 6) is -0.172. The summed E-state index contributed by atoms with van der Waals surface area (Å²) < 4.78 is 22.0. The topological polar surface area (TPSA) is 91.6 Å². The van der Waals surface area contributed by atoms with Gasteiger partial charge in [-0.05, 0) is 74.0 Å². The minimum absolute atomic E-state index is 0.0654. The number of aromatic nitrogens is 3. The summed E-state index contributed by atoms with van der Waals surface area (Å²) in [5.41, 5.74) is 3.38. The third kappa shape index (κ3) is 7.49. The van der Waals surface area contributed by atoms with Gasteiger partial charge in [0.1, 0.15) is 24.8 Å². The first-order chi connectivity index (χ1) is 20.8. The number of ether oxygens (including phenoxy) is 3. The van der Waals surface area contributed by atoms with E-state index in [1.54, 1.807) is 23.0 Å². The third-order valence-corrected chi connectivity index (χ3v) is 8.85. The summed E-state index contributed by atoms with van der Waals surface area (Å²) in [6, 6.07) is 21.0. The normalized spacial score (nSPS) is 18.9.